The van der Waals surface area contributed by atoms with Crippen LogP contribution in [0.5, 0.6) is 0 Å². The van der Waals surface area contributed by atoms with Gasteiger partial charge in [-0.1, -0.05) is 0 Å². The topological polar surface area (TPSA) is 64.2 Å². The van der Waals surface area contributed by atoms with Crippen molar-refractivity contribution in [3.8, 4) is 6.07 Å². The highest BCUT2D eigenvalue weighted by Gasteiger charge is 2.20. The Morgan fingerprint density at radius 2 is 2.12 bits per heavy atom. The maximum Gasteiger partial charge on any atom is 0.257 e. The van der Waals surface area contributed by atoms with Gasteiger partial charge in [-0.05, 0) is 23.9 Å². The number of rotatable bonds is 6. The van der Waals surface area contributed by atoms with Crippen LogP contribution in [-0.2, 0) is 11.3 Å². The predicted octanol–water partition coefficient (Wildman–Crippen LogP) is 3.08. The molecule has 2 aromatic rings. The monoisotopic (exact) mass is 349 g/mol. The number of thioether (sulfide) groups is 1. The van der Waals surface area contributed by atoms with Crippen LogP contribution in [0.15, 0.2) is 29.3 Å². The molecule has 1 heterocycles. The number of aryl methyl sites for hydroxylation is 1. The highest BCUT2D eigenvalue weighted by Crippen LogP contribution is 2.23. The number of nitriles is 1. The van der Waals surface area contributed by atoms with Crippen LogP contribution in [0.2, 0.25) is 0 Å². The van der Waals surface area contributed by atoms with E-state index in [0.29, 0.717) is 22.2 Å². The zero-order valence-electron chi connectivity index (χ0n) is 13.2. The number of nitrogens with zero attached hydrogens (tertiary/aromatic N) is 1. The molecule has 1 N–H and O–H groups in total. The number of pyridine rings is 1. The molecule has 0 radical (unpaired) electrons. The Balaban J connectivity index is 2.22. The van der Waals surface area contributed by atoms with Gasteiger partial charge in [0.2, 0.25) is 0 Å². The van der Waals surface area contributed by atoms with Crippen LogP contribution in [0, 0.1) is 29.9 Å². The minimum Gasteiger partial charge on any atom is -0.380 e. The molecule has 24 heavy (non-hydrogen) atoms. The first kappa shape index (κ1) is 18.0. The van der Waals surface area contributed by atoms with E-state index in [1.807, 2.05) is 6.92 Å². The van der Waals surface area contributed by atoms with E-state index < -0.39 is 17.4 Å². The van der Waals surface area contributed by atoms with Gasteiger partial charge in [0.25, 0.3) is 5.03 Å². The van der Waals surface area contributed by atoms with Crippen LogP contribution >= 0.6 is 11.8 Å². The van der Waals surface area contributed by atoms with E-state index in [-0.39, 0.29) is 17.9 Å². The average molecular weight is 349 g/mol. The third kappa shape index (κ3) is 4.16. The normalized spacial score (nSPS) is 10.5. The SMILES string of the molecule is COCc1cc(C)[nH+]c(SCC(=O)c2ccc(F)cc2F)c1C#N. The lowest BCUT2D eigenvalue weighted by molar-refractivity contribution is -0.435. The quantitative estimate of drug-likeness (QED) is 0.594. The van der Waals surface area contributed by atoms with E-state index >= 15 is 0 Å². The molecule has 0 spiro atoms. The molecule has 0 saturated carbocycles. The number of methoxy groups -OCH3 is 1. The van der Waals surface area contributed by atoms with Crippen LogP contribution in [0.25, 0.3) is 0 Å². The summed E-state index contributed by atoms with van der Waals surface area (Å²) in [6, 6.07) is 6.72. The van der Waals surface area contributed by atoms with Crippen LogP contribution in [-0.4, -0.2) is 18.6 Å². The first-order chi connectivity index (χ1) is 11.5. The number of aromatic nitrogens is 1. The molecular weight excluding hydrogens is 334 g/mol. The van der Waals surface area contributed by atoms with Crippen LogP contribution < -0.4 is 4.98 Å². The summed E-state index contributed by atoms with van der Waals surface area (Å²) in [5.74, 6) is -2.19. The Kier molecular flexibility index (Phi) is 6.01. The standard InChI is InChI=1S/C17H14F2N2O2S/c1-10-5-11(8-23-2)14(7-20)17(21-10)24-9-16(22)13-4-3-12(18)6-15(13)19/h3-6H,8-9H2,1-2H3/p+1. The molecule has 1 aromatic carbocycles. The minimum absolute atomic E-state index is 0.0798. The van der Waals surface area contributed by atoms with Crippen LogP contribution in [0.4, 0.5) is 8.78 Å². The maximum atomic E-state index is 13.7. The largest absolute Gasteiger partial charge is 0.380 e. The third-order valence-corrected chi connectivity index (χ3v) is 4.24. The van der Waals surface area contributed by atoms with Crippen LogP contribution in [0.1, 0.15) is 27.2 Å². The molecule has 0 aliphatic heterocycles. The number of hydrogen-bond acceptors (Lipinski definition) is 4. The Morgan fingerprint density at radius 3 is 2.75 bits per heavy atom. The van der Waals surface area contributed by atoms with Gasteiger partial charge in [-0.15, -0.1) is 0 Å². The lowest BCUT2D eigenvalue weighted by Gasteiger charge is -2.05. The van der Waals surface area contributed by atoms with Gasteiger partial charge in [-0.2, -0.15) is 5.26 Å². The first-order valence-corrected chi connectivity index (χ1v) is 8.00. The Hall–Kier alpha value is -2.30. The van der Waals surface area contributed by atoms with Crippen molar-refractivity contribution in [2.45, 2.75) is 18.6 Å². The summed E-state index contributed by atoms with van der Waals surface area (Å²) in [5, 5.41) is 9.86. The van der Waals surface area contributed by atoms with Gasteiger partial charge >= 0.3 is 0 Å². The molecule has 0 atom stereocenters. The molecule has 0 saturated heterocycles. The molecule has 7 heteroatoms. The lowest BCUT2D eigenvalue weighted by Crippen LogP contribution is -2.17. The van der Waals surface area contributed by atoms with Gasteiger partial charge in [0.15, 0.2) is 11.5 Å². The molecule has 124 valence electrons. The number of carbonyl (C=O) groups is 1. The summed E-state index contributed by atoms with van der Waals surface area (Å²) >= 11 is 1.10. The van der Waals surface area contributed by atoms with Crippen molar-refractivity contribution >= 4 is 17.5 Å². The molecule has 0 bridgehead atoms. The molecule has 4 nitrogen and oxygen atoms in total. The number of ketones is 1. The van der Waals surface area contributed by atoms with Gasteiger partial charge in [0.05, 0.1) is 17.9 Å². The molecule has 0 aliphatic rings. The fraction of sp³-hybridized carbons (Fsp3) is 0.235. The second-order valence-electron chi connectivity index (χ2n) is 5.06. The summed E-state index contributed by atoms with van der Waals surface area (Å²) in [4.78, 5) is 15.2. The highest BCUT2D eigenvalue weighted by atomic mass is 32.2. The Morgan fingerprint density at radius 1 is 1.38 bits per heavy atom. The molecule has 2 rings (SSSR count). The molecule has 0 amide bonds. The van der Waals surface area contributed by atoms with Crippen molar-refractivity contribution < 1.29 is 23.3 Å². The van der Waals surface area contributed by atoms with E-state index in [2.05, 4.69) is 11.1 Å². The zero-order chi connectivity index (χ0) is 17.7. The molecule has 0 fully saturated rings. The lowest BCUT2D eigenvalue weighted by atomic mass is 10.1. The smallest absolute Gasteiger partial charge is 0.257 e. The predicted molar refractivity (Wildman–Crippen MR) is 84.6 cm³/mol. The number of ether oxygens (including phenoxy) is 1. The average Bonchev–Trinajstić information content (AvgIpc) is 2.52. The van der Waals surface area contributed by atoms with E-state index in [9.17, 15) is 18.8 Å². The second kappa shape index (κ2) is 7.99. The van der Waals surface area contributed by atoms with Crippen molar-refractivity contribution in [3.63, 3.8) is 0 Å². The van der Waals surface area contributed by atoms with E-state index in [1.165, 1.54) is 7.11 Å². The summed E-state index contributed by atoms with van der Waals surface area (Å²) in [7, 11) is 1.53. The number of H-pyrrole nitrogens is 1. The van der Waals surface area contributed by atoms with Crippen LogP contribution in [0.3, 0.4) is 0 Å². The second-order valence-corrected chi connectivity index (χ2v) is 6.05. The number of aromatic amines is 1. The van der Waals surface area contributed by atoms with Crippen molar-refractivity contribution in [2.24, 2.45) is 0 Å². The Labute approximate surface area is 142 Å². The van der Waals surface area contributed by atoms with E-state index in [4.69, 9.17) is 4.74 Å². The summed E-state index contributed by atoms with van der Waals surface area (Å²) < 4.78 is 31.6. The number of halogens is 2. The summed E-state index contributed by atoms with van der Waals surface area (Å²) in [6.45, 7) is 2.10. The summed E-state index contributed by atoms with van der Waals surface area (Å²) in [6.07, 6.45) is 0. The van der Waals surface area contributed by atoms with Crippen molar-refractivity contribution in [3.05, 3.63) is 58.3 Å². The van der Waals surface area contributed by atoms with Crippen molar-refractivity contribution in [1.82, 2.24) is 0 Å². The van der Waals surface area contributed by atoms with Gasteiger partial charge in [0, 0.05) is 31.7 Å². The van der Waals surface area contributed by atoms with Gasteiger partial charge in [-0.25, -0.2) is 13.8 Å². The van der Waals surface area contributed by atoms with E-state index in [0.717, 1.165) is 29.6 Å². The molecule has 1 aromatic heterocycles. The third-order valence-electron chi connectivity index (χ3n) is 3.24. The van der Waals surface area contributed by atoms with Gasteiger partial charge in [-0.3, -0.25) is 4.79 Å². The fourth-order valence-corrected chi connectivity index (χ4v) is 3.17. The zero-order valence-corrected chi connectivity index (χ0v) is 14.0. The molecular formula is C17H15F2N2O2S+. The number of carbonyl (C=O) groups excluding carboxylic acids is 1. The maximum absolute atomic E-state index is 13.7. The van der Waals surface area contributed by atoms with Crippen molar-refractivity contribution in [2.75, 3.05) is 12.9 Å². The number of benzene rings is 1. The summed E-state index contributed by atoms with van der Waals surface area (Å²) in [5.41, 5.74) is 1.73. The molecule has 0 unspecified atom stereocenters. The number of hydrogen-bond donors (Lipinski definition) is 0. The molecule has 0 aliphatic carbocycles. The first-order valence-electron chi connectivity index (χ1n) is 7.02. The Bertz CT molecular complexity index is 819. The minimum atomic E-state index is -0.894. The fourth-order valence-electron chi connectivity index (χ4n) is 2.19. The van der Waals surface area contributed by atoms with Crippen molar-refractivity contribution in [1.29, 1.82) is 5.26 Å². The number of Topliss-reactive ketones (excluding diaryl/α,β-unsaturated/α-hetero) is 1. The van der Waals surface area contributed by atoms with E-state index in [1.54, 1.807) is 6.07 Å². The van der Waals surface area contributed by atoms with Gasteiger partial charge in [0.1, 0.15) is 23.3 Å². The number of nitrogens with one attached hydrogen (secondary N) is 1. The van der Waals surface area contributed by atoms with Gasteiger partial charge < -0.3 is 4.74 Å². The highest BCUT2D eigenvalue weighted by molar-refractivity contribution is 7.99.